The minimum atomic E-state index is -0.371. The maximum absolute atomic E-state index is 13.7. The third-order valence-electron chi connectivity index (χ3n) is 2.21. The summed E-state index contributed by atoms with van der Waals surface area (Å²) < 4.78 is 14.1. The van der Waals surface area contributed by atoms with Gasteiger partial charge >= 0.3 is 0 Å². The van der Waals surface area contributed by atoms with Gasteiger partial charge in [0.25, 0.3) is 0 Å². The van der Waals surface area contributed by atoms with Crippen molar-refractivity contribution < 1.29 is 4.39 Å². The summed E-state index contributed by atoms with van der Waals surface area (Å²) in [6.45, 7) is 0. The summed E-state index contributed by atoms with van der Waals surface area (Å²) in [6.07, 6.45) is 1.45. The monoisotopic (exact) mass is 269 g/mol. The van der Waals surface area contributed by atoms with E-state index in [1.54, 1.807) is 19.2 Å². The van der Waals surface area contributed by atoms with Gasteiger partial charge in [0.2, 0.25) is 0 Å². The molecule has 0 fully saturated rings. The molecule has 0 spiro atoms. The molecule has 1 heterocycles. The zero-order valence-corrected chi connectivity index (χ0v) is 9.60. The van der Waals surface area contributed by atoms with Gasteiger partial charge in [-0.3, -0.25) is 4.98 Å². The Hall–Kier alpha value is -1.36. The fraction of sp³-hybridized carbons (Fsp3) is 0.100. The second-order valence-electron chi connectivity index (χ2n) is 3.10. The summed E-state index contributed by atoms with van der Waals surface area (Å²) in [5.74, 6) is -0.371. The van der Waals surface area contributed by atoms with Gasteiger partial charge in [0, 0.05) is 12.4 Å². The normalized spacial score (nSPS) is 10.6. The van der Waals surface area contributed by atoms with E-state index in [-0.39, 0.29) is 5.82 Å². The number of fused-ring (bicyclic) bond motifs is 1. The van der Waals surface area contributed by atoms with Crippen molar-refractivity contribution >= 4 is 38.2 Å². The number of hydrogen-bond acceptors (Lipinski definition) is 3. The summed E-state index contributed by atoms with van der Waals surface area (Å²) in [5, 5.41) is 3.62. The molecule has 3 nitrogen and oxygen atoms in total. The summed E-state index contributed by atoms with van der Waals surface area (Å²) in [7, 11) is 1.74. The van der Waals surface area contributed by atoms with Gasteiger partial charge in [0.15, 0.2) is 5.82 Å². The highest BCUT2D eigenvalue weighted by atomic mass is 79.9. The first-order valence-corrected chi connectivity index (χ1v) is 5.14. The minimum absolute atomic E-state index is 0.308. The van der Waals surface area contributed by atoms with Gasteiger partial charge in [-0.05, 0) is 28.1 Å². The van der Waals surface area contributed by atoms with Gasteiger partial charge in [0.05, 0.1) is 22.0 Å². The minimum Gasteiger partial charge on any atom is -0.396 e. The van der Waals surface area contributed by atoms with Gasteiger partial charge in [0.1, 0.15) is 5.52 Å². The first-order chi connectivity index (χ1) is 7.15. The Labute approximate surface area is 94.6 Å². The van der Waals surface area contributed by atoms with E-state index in [0.29, 0.717) is 26.8 Å². The molecule has 0 saturated heterocycles. The lowest BCUT2D eigenvalue weighted by Gasteiger charge is -2.09. The molecule has 5 heteroatoms. The van der Waals surface area contributed by atoms with Crippen molar-refractivity contribution in [3.63, 3.8) is 0 Å². The molecular formula is C10H9BrFN3. The topological polar surface area (TPSA) is 50.9 Å². The molecule has 3 N–H and O–H groups in total. The van der Waals surface area contributed by atoms with Crippen molar-refractivity contribution in [3.8, 4) is 0 Å². The molecule has 1 aromatic carbocycles. The Kier molecular flexibility index (Phi) is 2.48. The van der Waals surface area contributed by atoms with Crippen molar-refractivity contribution in [1.82, 2.24) is 4.98 Å². The molecule has 0 aliphatic heterocycles. The number of hydrogen-bond donors (Lipinski definition) is 2. The molecule has 0 amide bonds. The smallest absolute Gasteiger partial charge is 0.163 e. The molecule has 0 radical (unpaired) electrons. The van der Waals surface area contributed by atoms with Crippen LogP contribution in [0.1, 0.15) is 0 Å². The second-order valence-corrected chi connectivity index (χ2v) is 3.95. The number of aromatic nitrogens is 1. The summed E-state index contributed by atoms with van der Waals surface area (Å²) in [5.41, 5.74) is 7.24. The summed E-state index contributed by atoms with van der Waals surface area (Å²) in [4.78, 5) is 3.98. The van der Waals surface area contributed by atoms with Gasteiger partial charge in [-0.15, -0.1) is 0 Å². The number of pyridine rings is 1. The molecule has 0 saturated carbocycles. The standard InChI is InChI=1S/C10H9BrFN3/c1-14-9-5-2-3-6(11)8(12)10(5)15-4-7(9)13/h2-4H,13H2,1H3,(H,14,15). The van der Waals surface area contributed by atoms with Crippen LogP contribution in [0.15, 0.2) is 22.8 Å². The number of halogens is 2. The Morgan fingerprint density at radius 1 is 1.47 bits per heavy atom. The Morgan fingerprint density at radius 3 is 2.87 bits per heavy atom. The first kappa shape index (κ1) is 10.2. The Bertz CT molecular complexity index is 528. The van der Waals surface area contributed by atoms with E-state index in [1.165, 1.54) is 6.20 Å². The average molecular weight is 270 g/mol. The van der Waals surface area contributed by atoms with Gasteiger partial charge in [-0.2, -0.15) is 0 Å². The van der Waals surface area contributed by atoms with Crippen molar-refractivity contribution in [1.29, 1.82) is 0 Å². The van der Waals surface area contributed by atoms with Crippen LogP contribution in [0.3, 0.4) is 0 Å². The van der Waals surface area contributed by atoms with Crippen LogP contribution in [0, 0.1) is 5.82 Å². The van der Waals surface area contributed by atoms with E-state index >= 15 is 0 Å². The highest BCUT2D eigenvalue weighted by Gasteiger charge is 2.11. The predicted molar refractivity (Wildman–Crippen MR) is 63.4 cm³/mol. The van der Waals surface area contributed by atoms with E-state index in [2.05, 4.69) is 26.2 Å². The van der Waals surface area contributed by atoms with E-state index < -0.39 is 0 Å². The molecule has 2 aromatic rings. The molecule has 15 heavy (non-hydrogen) atoms. The number of nitrogens with zero attached hydrogens (tertiary/aromatic N) is 1. The van der Waals surface area contributed by atoms with E-state index in [0.717, 1.165) is 0 Å². The molecule has 0 aliphatic carbocycles. The zero-order valence-electron chi connectivity index (χ0n) is 8.01. The van der Waals surface area contributed by atoms with Crippen LogP contribution >= 0.6 is 15.9 Å². The van der Waals surface area contributed by atoms with Crippen molar-refractivity contribution in [2.75, 3.05) is 18.1 Å². The van der Waals surface area contributed by atoms with Gasteiger partial charge < -0.3 is 11.1 Å². The van der Waals surface area contributed by atoms with Gasteiger partial charge in [-0.25, -0.2) is 4.39 Å². The highest BCUT2D eigenvalue weighted by molar-refractivity contribution is 9.10. The number of benzene rings is 1. The van der Waals surface area contributed by atoms with Crippen molar-refractivity contribution in [3.05, 3.63) is 28.6 Å². The van der Waals surface area contributed by atoms with Gasteiger partial charge in [-0.1, -0.05) is 0 Å². The van der Waals surface area contributed by atoms with E-state index in [1.807, 2.05) is 0 Å². The number of anilines is 2. The van der Waals surface area contributed by atoms with Crippen LogP contribution in [0.4, 0.5) is 15.8 Å². The van der Waals surface area contributed by atoms with Crippen molar-refractivity contribution in [2.45, 2.75) is 0 Å². The number of nitrogens with two attached hydrogens (primary N) is 1. The average Bonchev–Trinajstić information content (AvgIpc) is 2.23. The van der Waals surface area contributed by atoms with Crippen LogP contribution in [0.5, 0.6) is 0 Å². The fourth-order valence-corrected chi connectivity index (χ4v) is 1.82. The maximum atomic E-state index is 13.7. The lowest BCUT2D eigenvalue weighted by Crippen LogP contribution is -1.99. The third kappa shape index (κ3) is 1.52. The molecule has 2 rings (SSSR count). The second kappa shape index (κ2) is 3.66. The number of nitrogens with one attached hydrogen (secondary N) is 1. The summed E-state index contributed by atoms with van der Waals surface area (Å²) in [6, 6.07) is 3.41. The Morgan fingerprint density at radius 2 is 2.20 bits per heavy atom. The number of nitrogen functional groups attached to an aromatic ring is 1. The molecule has 0 unspecified atom stereocenters. The largest absolute Gasteiger partial charge is 0.396 e. The SMILES string of the molecule is CNc1c(N)cnc2c(F)c(Br)ccc12. The van der Waals surface area contributed by atoms with E-state index in [4.69, 9.17) is 5.73 Å². The number of rotatable bonds is 1. The van der Waals surface area contributed by atoms with Crippen LogP contribution in [0.2, 0.25) is 0 Å². The van der Waals surface area contributed by atoms with Crippen LogP contribution < -0.4 is 11.1 Å². The highest BCUT2D eigenvalue weighted by Crippen LogP contribution is 2.31. The van der Waals surface area contributed by atoms with Crippen LogP contribution in [-0.4, -0.2) is 12.0 Å². The third-order valence-corrected chi connectivity index (χ3v) is 2.82. The quantitative estimate of drug-likeness (QED) is 0.837. The molecular weight excluding hydrogens is 261 g/mol. The zero-order chi connectivity index (χ0) is 11.0. The summed E-state index contributed by atoms with van der Waals surface area (Å²) >= 11 is 3.11. The molecule has 0 bridgehead atoms. The Balaban J connectivity index is 2.89. The first-order valence-electron chi connectivity index (χ1n) is 4.35. The van der Waals surface area contributed by atoms with Crippen molar-refractivity contribution in [2.24, 2.45) is 0 Å². The predicted octanol–water partition coefficient (Wildman–Crippen LogP) is 2.76. The lowest BCUT2D eigenvalue weighted by molar-refractivity contribution is 0.630. The maximum Gasteiger partial charge on any atom is 0.163 e. The molecule has 1 aromatic heterocycles. The van der Waals surface area contributed by atoms with E-state index in [9.17, 15) is 4.39 Å². The fourth-order valence-electron chi connectivity index (χ4n) is 1.50. The molecule has 0 aliphatic rings. The van der Waals surface area contributed by atoms with Crippen LogP contribution in [-0.2, 0) is 0 Å². The lowest BCUT2D eigenvalue weighted by atomic mass is 10.1. The molecule has 78 valence electrons. The van der Waals surface area contributed by atoms with Crippen LogP contribution in [0.25, 0.3) is 10.9 Å². The molecule has 0 atom stereocenters.